The minimum atomic E-state index is 0.490. The van der Waals surface area contributed by atoms with E-state index >= 15 is 0 Å². The van der Waals surface area contributed by atoms with Crippen LogP contribution < -0.4 is 5.32 Å². The number of aryl methyl sites for hydroxylation is 1. The van der Waals surface area contributed by atoms with E-state index in [1.165, 1.54) is 38.5 Å². The highest BCUT2D eigenvalue weighted by atomic mass is 15.3. The van der Waals surface area contributed by atoms with Crippen molar-refractivity contribution in [1.29, 1.82) is 5.26 Å². The van der Waals surface area contributed by atoms with Crippen LogP contribution >= 0.6 is 0 Å². The van der Waals surface area contributed by atoms with Crippen LogP contribution in [0.2, 0.25) is 0 Å². The molecule has 0 radical (unpaired) electrons. The molecule has 0 unspecified atom stereocenters. The van der Waals surface area contributed by atoms with Crippen molar-refractivity contribution in [2.24, 2.45) is 7.05 Å². The summed E-state index contributed by atoms with van der Waals surface area (Å²) in [5, 5.41) is 16.7. The predicted octanol–water partition coefficient (Wildman–Crippen LogP) is 2.43. The number of hydrogen-bond acceptors (Lipinski definition) is 3. The molecule has 0 atom stereocenters. The van der Waals surface area contributed by atoms with E-state index in [2.05, 4.69) is 16.5 Å². The van der Waals surface area contributed by atoms with Gasteiger partial charge in [0.1, 0.15) is 11.6 Å². The van der Waals surface area contributed by atoms with Crippen molar-refractivity contribution in [3.8, 4) is 6.07 Å². The van der Waals surface area contributed by atoms with Gasteiger partial charge in [-0.25, -0.2) is 0 Å². The molecule has 16 heavy (non-hydrogen) atoms. The van der Waals surface area contributed by atoms with Crippen LogP contribution in [0.25, 0.3) is 0 Å². The van der Waals surface area contributed by atoms with E-state index in [4.69, 9.17) is 5.26 Å². The van der Waals surface area contributed by atoms with Crippen molar-refractivity contribution in [3.05, 3.63) is 11.8 Å². The van der Waals surface area contributed by atoms with E-state index in [0.717, 1.165) is 5.82 Å². The minimum absolute atomic E-state index is 0.490. The summed E-state index contributed by atoms with van der Waals surface area (Å²) in [4.78, 5) is 0. The molecule has 1 heterocycles. The van der Waals surface area contributed by atoms with Crippen LogP contribution in [0, 0.1) is 11.3 Å². The summed E-state index contributed by atoms with van der Waals surface area (Å²) in [5.41, 5.74) is 0.645. The minimum Gasteiger partial charge on any atom is -0.365 e. The summed E-state index contributed by atoms with van der Waals surface area (Å²) >= 11 is 0. The molecule has 0 amide bonds. The molecule has 1 aliphatic rings. The zero-order valence-corrected chi connectivity index (χ0v) is 9.74. The molecule has 2 rings (SSSR count). The van der Waals surface area contributed by atoms with Crippen LogP contribution in [0.3, 0.4) is 0 Å². The molecule has 1 fully saturated rings. The normalized spacial score (nSPS) is 17.8. The Balaban J connectivity index is 2.04. The van der Waals surface area contributed by atoms with Crippen molar-refractivity contribution < 1.29 is 0 Å². The van der Waals surface area contributed by atoms with Gasteiger partial charge in [-0.15, -0.1) is 0 Å². The van der Waals surface area contributed by atoms with Crippen molar-refractivity contribution in [3.63, 3.8) is 0 Å². The lowest BCUT2D eigenvalue weighted by molar-refractivity contribution is 0.615. The zero-order chi connectivity index (χ0) is 11.4. The number of aromatic nitrogens is 2. The molecule has 4 nitrogen and oxygen atoms in total. The summed E-state index contributed by atoms with van der Waals surface area (Å²) in [6.45, 7) is 0. The second-order valence-corrected chi connectivity index (χ2v) is 4.51. The lowest BCUT2D eigenvalue weighted by Crippen LogP contribution is -2.19. The van der Waals surface area contributed by atoms with Gasteiger partial charge in [0.2, 0.25) is 0 Å². The molecular weight excluding hydrogens is 200 g/mol. The molecule has 0 saturated heterocycles. The Hall–Kier alpha value is -1.50. The molecule has 1 N–H and O–H groups in total. The van der Waals surface area contributed by atoms with Gasteiger partial charge in [-0.1, -0.05) is 25.7 Å². The predicted molar refractivity (Wildman–Crippen MR) is 63.0 cm³/mol. The lowest BCUT2D eigenvalue weighted by Gasteiger charge is -2.15. The molecule has 1 saturated carbocycles. The van der Waals surface area contributed by atoms with E-state index in [1.807, 2.05) is 7.05 Å². The van der Waals surface area contributed by atoms with Gasteiger partial charge in [0, 0.05) is 19.3 Å². The fourth-order valence-corrected chi connectivity index (χ4v) is 2.29. The SMILES string of the molecule is Cn1cc(C#N)c(NC2CCCCCC2)n1. The molecular formula is C12H18N4. The van der Waals surface area contributed by atoms with E-state index < -0.39 is 0 Å². The number of rotatable bonds is 2. The maximum absolute atomic E-state index is 8.97. The summed E-state index contributed by atoms with van der Waals surface area (Å²) in [7, 11) is 1.85. The van der Waals surface area contributed by atoms with E-state index in [-0.39, 0.29) is 0 Å². The van der Waals surface area contributed by atoms with Crippen molar-refractivity contribution >= 4 is 5.82 Å². The molecule has 1 aromatic rings. The third-order valence-corrected chi connectivity index (χ3v) is 3.15. The third kappa shape index (κ3) is 2.54. The Morgan fingerprint density at radius 2 is 2.06 bits per heavy atom. The van der Waals surface area contributed by atoms with Gasteiger partial charge < -0.3 is 5.32 Å². The molecule has 1 aromatic heterocycles. The summed E-state index contributed by atoms with van der Waals surface area (Å²) in [6, 6.07) is 2.67. The largest absolute Gasteiger partial charge is 0.365 e. The van der Waals surface area contributed by atoms with Crippen LogP contribution in [0.1, 0.15) is 44.1 Å². The van der Waals surface area contributed by atoms with Crippen LogP contribution in [0.5, 0.6) is 0 Å². The Morgan fingerprint density at radius 1 is 1.38 bits per heavy atom. The number of anilines is 1. The van der Waals surface area contributed by atoms with Crippen molar-refractivity contribution in [2.75, 3.05) is 5.32 Å². The van der Waals surface area contributed by atoms with Gasteiger partial charge in [-0.05, 0) is 12.8 Å². The number of nitrogens with one attached hydrogen (secondary N) is 1. The topological polar surface area (TPSA) is 53.6 Å². The van der Waals surface area contributed by atoms with Crippen LogP contribution in [-0.4, -0.2) is 15.8 Å². The first-order valence-electron chi connectivity index (χ1n) is 6.00. The van der Waals surface area contributed by atoms with Gasteiger partial charge >= 0.3 is 0 Å². The van der Waals surface area contributed by atoms with Crippen LogP contribution in [-0.2, 0) is 7.05 Å². The first kappa shape index (κ1) is 11.0. The number of nitriles is 1. The van der Waals surface area contributed by atoms with Gasteiger partial charge in [0.05, 0.1) is 0 Å². The quantitative estimate of drug-likeness (QED) is 0.776. The fourth-order valence-electron chi connectivity index (χ4n) is 2.29. The van der Waals surface area contributed by atoms with Crippen molar-refractivity contribution in [1.82, 2.24) is 9.78 Å². The highest BCUT2D eigenvalue weighted by Crippen LogP contribution is 2.21. The molecule has 0 aliphatic heterocycles. The average molecular weight is 218 g/mol. The molecule has 0 spiro atoms. The Morgan fingerprint density at radius 3 is 2.69 bits per heavy atom. The number of hydrogen-bond donors (Lipinski definition) is 1. The van der Waals surface area contributed by atoms with Gasteiger partial charge in [-0.2, -0.15) is 10.4 Å². The highest BCUT2D eigenvalue weighted by Gasteiger charge is 2.15. The van der Waals surface area contributed by atoms with Crippen LogP contribution in [0.15, 0.2) is 6.20 Å². The van der Waals surface area contributed by atoms with E-state index in [0.29, 0.717) is 11.6 Å². The Kier molecular flexibility index (Phi) is 3.45. The van der Waals surface area contributed by atoms with E-state index in [1.54, 1.807) is 10.9 Å². The molecule has 0 bridgehead atoms. The second kappa shape index (κ2) is 5.02. The number of nitrogens with zero attached hydrogens (tertiary/aromatic N) is 3. The monoisotopic (exact) mass is 218 g/mol. The average Bonchev–Trinajstić information content (AvgIpc) is 2.49. The van der Waals surface area contributed by atoms with Crippen molar-refractivity contribution in [2.45, 2.75) is 44.6 Å². The summed E-state index contributed by atoms with van der Waals surface area (Å²) < 4.78 is 1.69. The fraction of sp³-hybridized carbons (Fsp3) is 0.667. The van der Waals surface area contributed by atoms with Gasteiger partial charge in [0.15, 0.2) is 5.82 Å². The molecule has 4 heteroatoms. The standard InChI is InChI=1S/C12H18N4/c1-16-9-10(8-13)12(15-16)14-11-6-4-2-3-5-7-11/h9,11H,2-7H2,1H3,(H,14,15). The first-order valence-corrected chi connectivity index (χ1v) is 6.00. The second-order valence-electron chi connectivity index (χ2n) is 4.51. The lowest BCUT2D eigenvalue weighted by atomic mass is 10.1. The highest BCUT2D eigenvalue weighted by molar-refractivity contribution is 5.51. The summed E-state index contributed by atoms with van der Waals surface area (Å²) in [6.07, 6.45) is 9.40. The Labute approximate surface area is 96.3 Å². The first-order chi connectivity index (χ1) is 7.79. The maximum atomic E-state index is 8.97. The van der Waals surface area contributed by atoms with Gasteiger partial charge in [0.25, 0.3) is 0 Å². The zero-order valence-electron chi connectivity index (χ0n) is 9.74. The van der Waals surface area contributed by atoms with Gasteiger partial charge in [-0.3, -0.25) is 4.68 Å². The van der Waals surface area contributed by atoms with Crippen LogP contribution in [0.4, 0.5) is 5.82 Å². The third-order valence-electron chi connectivity index (χ3n) is 3.15. The smallest absolute Gasteiger partial charge is 0.166 e. The molecule has 1 aliphatic carbocycles. The molecule has 0 aromatic carbocycles. The maximum Gasteiger partial charge on any atom is 0.166 e. The molecule has 86 valence electrons. The Bertz CT molecular complexity index is 380. The van der Waals surface area contributed by atoms with E-state index in [9.17, 15) is 0 Å². The summed E-state index contributed by atoms with van der Waals surface area (Å²) in [5.74, 6) is 0.747.